The van der Waals surface area contributed by atoms with Gasteiger partial charge in [0.05, 0.1) is 5.69 Å². The average molecular weight is 278 g/mol. The molecule has 1 rings (SSSR count). The predicted molar refractivity (Wildman–Crippen MR) is 62.3 cm³/mol. The number of aryl methyl sites for hydroxylation is 1. The van der Waals surface area contributed by atoms with Crippen LogP contribution in [0, 0.1) is 6.92 Å². The number of hydrogen-bond acceptors (Lipinski definition) is 2. The smallest absolute Gasteiger partial charge is 0.244 e. The van der Waals surface area contributed by atoms with Crippen LogP contribution < -0.4 is 4.31 Å². The fourth-order valence-corrected chi connectivity index (χ4v) is 2.50. The number of anilines is 1. The van der Waals surface area contributed by atoms with Gasteiger partial charge in [0.2, 0.25) is 10.0 Å². The van der Waals surface area contributed by atoms with Crippen LogP contribution in [0.15, 0.2) is 24.3 Å². The summed E-state index contributed by atoms with van der Waals surface area (Å²) in [5, 5.41) is 0. The zero-order chi connectivity index (χ0) is 10.8. The van der Waals surface area contributed by atoms with Gasteiger partial charge in [0, 0.05) is 7.05 Å². The molecular weight excluding hydrogens is 266 g/mol. The molecule has 5 heteroatoms. The van der Waals surface area contributed by atoms with Gasteiger partial charge in [-0.2, -0.15) is 0 Å². The molecule has 0 N–H and O–H groups in total. The third kappa shape index (κ3) is 2.48. The maximum Gasteiger partial charge on any atom is 0.244 e. The molecule has 0 spiro atoms. The van der Waals surface area contributed by atoms with Crippen LogP contribution in [0.1, 0.15) is 5.56 Å². The number of sulfonamides is 1. The predicted octanol–water partition coefficient (Wildman–Crippen LogP) is 2.11. The van der Waals surface area contributed by atoms with Crippen LogP contribution >= 0.6 is 15.9 Å². The summed E-state index contributed by atoms with van der Waals surface area (Å²) in [4.78, 5) is 0. The Kier molecular flexibility index (Phi) is 3.55. The van der Waals surface area contributed by atoms with Gasteiger partial charge in [-0.15, -0.1) is 0 Å². The van der Waals surface area contributed by atoms with Crippen LogP contribution in [0.4, 0.5) is 5.69 Å². The number of alkyl halides is 1. The summed E-state index contributed by atoms with van der Waals surface area (Å²) in [6, 6.07) is 7.34. The quantitative estimate of drug-likeness (QED) is 0.794. The first-order chi connectivity index (χ1) is 6.47. The third-order valence-electron chi connectivity index (χ3n) is 1.95. The standard InChI is InChI=1S/C9H12BrNO2S/c1-8-3-5-9(6-4-8)11(2)14(12,13)7-10/h3-6H,7H2,1-2H3. The fourth-order valence-electron chi connectivity index (χ4n) is 0.988. The van der Waals surface area contributed by atoms with E-state index >= 15 is 0 Å². The first-order valence-electron chi connectivity index (χ1n) is 4.06. The average Bonchev–Trinajstić information content (AvgIpc) is 2.18. The van der Waals surface area contributed by atoms with Crippen LogP contribution in [0.25, 0.3) is 0 Å². The normalized spacial score (nSPS) is 11.4. The van der Waals surface area contributed by atoms with E-state index in [-0.39, 0.29) is 4.66 Å². The molecule has 0 unspecified atom stereocenters. The van der Waals surface area contributed by atoms with Gasteiger partial charge in [-0.1, -0.05) is 33.6 Å². The Morgan fingerprint density at radius 2 is 1.79 bits per heavy atom. The van der Waals surface area contributed by atoms with E-state index in [1.165, 1.54) is 4.31 Å². The van der Waals surface area contributed by atoms with Crippen LogP contribution in [0.5, 0.6) is 0 Å². The van der Waals surface area contributed by atoms with Gasteiger partial charge in [0.1, 0.15) is 4.66 Å². The molecular formula is C9H12BrNO2S. The molecule has 0 aliphatic heterocycles. The second-order valence-corrected chi connectivity index (χ2v) is 6.33. The minimum atomic E-state index is -3.21. The zero-order valence-electron chi connectivity index (χ0n) is 8.07. The Morgan fingerprint density at radius 3 is 2.21 bits per heavy atom. The van der Waals surface area contributed by atoms with E-state index in [2.05, 4.69) is 15.9 Å². The minimum absolute atomic E-state index is 0.0651. The lowest BCUT2D eigenvalue weighted by Gasteiger charge is -2.17. The van der Waals surface area contributed by atoms with Gasteiger partial charge in [0.15, 0.2) is 0 Å². The lowest BCUT2D eigenvalue weighted by molar-refractivity contribution is 0.599. The summed E-state index contributed by atoms with van der Waals surface area (Å²) in [5.41, 5.74) is 1.79. The van der Waals surface area contributed by atoms with Crippen LogP contribution in [-0.4, -0.2) is 20.1 Å². The molecule has 0 bridgehead atoms. The van der Waals surface area contributed by atoms with Gasteiger partial charge in [-0.05, 0) is 19.1 Å². The highest BCUT2D eigenvalue weighted by Crippen LogP contribution is 2.17. The van der Waals surface area contributed by atoms with Crippen LogP contribution in [-0.2, 0) is 10.0 Å². The van der Waals surface area contributed by atoms with Crippen molar-refractivity contribution < 1.29 is 8.42 Å². The second kappa shape index (κ2) is 4.31. The lowest BCUT2D eigenvalue weighted by Crippen LogP contribution is -2.26. The van der Waals surface area contributed by atoms with E-state index < -0.39 is 10.0 Å². The van der Waals surface area contributed by atoms with Crippen molar-refractivity contribution in [2.45, 2.75) is 6.92 Å². The van der Waals surface area contributed by atoms with Gasteiger partial charge in [-0.3, -0.25) is 4.31 Å². The van der Waals surface area contributed by atoms with E-state index in [4.69, 9.17) is 0 Å². The number of halogens is 1. The van der Waals surface area contributed by atoms with Crippen molar-refractivity contribution >= 4 is 31.6 Å². The first kappa shape index (κ1) is 11.5. The first-order valence-corrected chi connectivity index (χ1v) is 6.79. The number of rotatable bonds is 3. The Labute approximate surface area is 92.9 Å². The van der Waals surface area contributed by atoms with E-state index in [0.717, 1.165) is 5.56 Å². The number of nitrogens with zero attached hydrogens (tertiary/aromatic N) is 1. The Bertz CT molecular complexity index is 399. The van der Waals surface area contributed by atoms with Gasteiger partial charge in [0.25, 0.3) is 0 Å². The molecule has 0 aliphatic carbocycles. The van der Waals surface area contributed by atoms with Crippen molar-refractivity contribution in [3.05, 3.63) is 29.8 Å². The van der Waals surface area contributed by atoms with Crippen molar-refractivity contribution in [3.63, 3.8) is 0 Å². The van der Waals surface area contributed by atoms with Gasteiger partial charge < -0.3 is 0 Å². The summed E-state index contributed by atoms with van der Waals surface area (Å²) < 4.78 is 24.1. The maximum atomic E-state index is 11.5. The van der Waals surface area contributed by atoms with Gasteiger partial charge >= 0.3 is 0 Å². The molecule has 3 nitrogen and oxygen atoms in total. The Morgan fingerprint density at radius 1 is 1.29 bits per heavy atom. The zero-order valence-corrected chi connectivity index (χ0v) is 10.5. The molecule has 78 valence electrons. The van der Waals surface area contributed by atoms with Crippen molar-refractivity contribution in [2.24, 2.45) is 0 Å². The summed E-state index contributed by atoms with van der Waals surface area (Å²) in [7, 11) is -1.67. The molecule has 0 heterocycles. The number of benzene rings is 1. The Balaban J connectivity index is 3.01. The van der Waals surface area contributed by atoms with Crippen LogP contribution in [0.2, 0.25) is 0 Å². The molecule has 14 heavy (non-hydrogen) atoms. The molecule has 0 saturated carbocycles. The van der Waals surface area contributed by atoms with Crippen molar-refractivity contribution in [1.82, 2.24) is 0 Å². The SMILES string of the molecule is Cc1ccc(N(C)S(=O)(=O)CBr)cc1. The van der Waals surface area contributed by atoms with Gasteiger partial charge in [-0.25, -0.2) is 8.42 Å². The molecule has 0 aliphatic rings. The summed E-state index contributed by atoms with van der Waals surface area (Å²) in [6.07, 6.45) is 0. The monoisotopic (exact) mass is 277 g/mol. The molecule has 0 fully saturated rings. The van der Waals surface area contributed by atoms with Crippen molar-refractivity contribution in [2.75, 3.05) is 16.0 Å². The summed E-state index contributed by atoms with van der Waals surface area (Å²) >= 11 is 2.95. The van der Waals surface area contributed by atoms with E-state index in [9.17, 15) is 8.42 Å². The topological polar surface area (TPSA) is 37.4 Å². The highest BCUT2D eigenvalue weighted by Gasteiger charge is 2.15. The highest BCUT2D eigenvalue weighted by atomic mass is 79.9. The van der Waals surface area contributed by atoms with E-state index in [0.29, 0.717) is 5.69 Å². The Hall–Kier alpha value is -0.550. The lowest BCUT2D eigenvalue weighted by atomic mass is 10.2. The van der Waals surface area contributed by atoms with Crippen molar-refractivity contribution in [3.8, 4) is 0 Å². The maximum absolute atomic E-state index is 11.5. The largest absolute Gasteiger partial charge is 0.273 e. The molecule has 0 amide bonds. The third-order valence-corrected chi connectivity index (χ3v) is 5.01. The fraction of sp³-hybridized carbons (Fsp3) is 0.333. The van der Waals surface area contributed by atoms with E-state index in [1.54, 1.807) is 19.2 Å². The molecule has 0 saturated heterocycles. The molecule has 0 aromatic heterocycles. The highest BCUT2D eigenvalue weighted by molar-refractivity contribution is 9.10. The second-order valence-electron chi connectivity index (χ2n) is 3.02. The summed E-state index contributed by atoms with van der Waals surface area (Å²) in [5.74, 6) is 0. The number of hydrogen-bond donors (Lipinski definition) is 0. The van der Waals surface area contributed by atoms with Crippen molar-refractivity contribution in [1.29, 1.82) is 0 Å². The minimum Gasteiger partial charge on any atom is -0.273 e. The summed E-state index contributed by atoms with van der Waals surface area (Å²) in [6.45, 7) is 1.96. The molecule has 0 atom stereocenters. The molecule has 1 aromatic carbocycles. The van der Waals surface area contributed by atoms with E-state index in [1.807, 2.05) is 19.1 Å². The molecule has 1 aromatic rings. The molecule has 0 radical (unpaired) electrons. The van der Waals surface area contributed by atoms with Crippen LogP contribution in [0.3, 0.4) is 0 Å².